The second kappa shape index (κ2) is 10.5. The van der Waals surface area contributed by atoms with Crippen LogP contribution in [0.25, 0.3) is 0 Å². The molecule has 0 bridgehead atoms. The van der Waals surface area contributed by atoms with E-state index in [1.165, 1.54) is 36.4 Å². The molecule has 180 valence electrons. The van der Waals surface area contributed by atoms with Crippen molar-refractivity contribution in [2.75, 3.05) is 0 Å². The molecule has 0 amide bonds. The molecule has 0 aromatic heterocycles. The van der Waals surface area contributed by atoms with Crippen molar-refractivity contribution in [2.45, 2.75) is 14.7 Å². The van der Waals surface area contributed by atoms with Crippen LogP contribution < -0.4 is 0 Å². The Balaban J connectivity index is 1.97. The molecule has 0 radical (unpaired) electrons. The third kappa shape index (κ3) is 6.93. The normalized spacial score (nSPS) is 12.4. The molecular weight excluding hydrogens is 574 g/mol. The Morgan fingerprint density at radius 1 is 0.441 bits per heavy atom. The minimum Gasteiger partial charge on any atom is -0.266 e. The second-order valence-corrected chi connectivity index (χ2v) is 12.3. The summed E-state index contributed by atoms with van der Waals surface area (Å²) in [4.78, 5) is -1.41. The summed E-state index contributed by atoms with van der Waals surface area (Å²) < 4.78 is 89.9. The summed E-state index contributed by atoms with van der Waals surface area (Å²) in [5, 5.41) is 0.621. The van der Waals surface area contributed by atoms with Crippen LogP contribution in [0.5, 0.6) is 0 Å². The van der Waals surface area contributed by atoms with E-state index in [1.807, 2.05) is 0 Å². The molecule has 0 atom stereocenters. The highest BCUT2D eigenvalue weighted by molar-refractivity contribution is 7.90. The number of rotatable bonds is 9. The Labute approximate surface area is 211 Å². The van der Waals surface area contributed by atoms with Crippen LogP contribution in [-0.4, -0.2) is 32.6 Å². The molecule has 0 aliphatic rings. The maximum atomic E-state index is 12.6. The van der Waals surface area contributed by atoms with Gasteiger partial charge in [0.1, 0.15) is 0 Å². The first-order valence-electron chi connectivity index (χ1n) is 8.85. The van der Waals surface area contributed by atoms with E-state index < -0.39 is 52.4 Å². The average molecular weight is 586 g/mol. The molecule has 0 N–H and O–H groups in total. The number of benzene rings is 3. The Morgan fingerprint density at radius 2 is 0.647 bits per heavy atom. The molecule has 0 fully saturated rings. The predicted octanol–water partition coefficient (Wildman–Crippen LogP) is 4.15. The lowest BCUT2D eigenvalue weighted by atomic mass is 10.3. The summed E-state index contributed by atoms with van der Waals surface area (Å²) >= 11 is 17.2. The molecule has 16 heteroatoms. The van der Waals surface area contributed by atoms with E-state index >= 15 is 0 Å². The lowest BCUT2D eigenvalue weighted by molar-refractivity contribution is 0.311. The summed E-state index contributed by atoms with van der Waals surface area (Å²) in [6.45, 7) is 0. The van der Waals surface area contributed by atoms with Gasteiger partial charge in [0.25, 0.3) is 30.4 Å². The molecule has 9 nitrogen and oxygen atoms in total. The molecule has 0 aliphatic carbocycles. The summed E-state index contributed by atoms with van der Waals surface area (Å²) in [6, 6.07) is 13.7. The molecule has 0 aliphatic heterocycles. The van der Waals surface area contributed by atoms with Crippen molar-refractivity contribution in [3.63, 3.8) is 0 Å². The lowest BCUT2D eigenvalue weighted by Crippen LogP contribution is -2.35. The van der Waals surface area contributed by atoms with Gasteiger partial charge in [-0.25, -0.2) is 0 Å². The van der Waals surface area contributed by atoms with Gasteiger partial charge >= 0.3 is 7.32 Å². The standard InChI is InChI=1S/C18H12BCl3O9S3/c20-13-1-7-16(8-2-13)32(23,24)29-19(30-33(25,26)17-9-3-14(21)4-10-17)31-34(27,28)18-11-5-15(22)6-12-18/h1-12H. The van der Waals surface area contributed by atoms with E-state index in [0.29, 0.717) is 0 Å². The van der Waals surface area contributed by atoms with Gasteiger partial charge in [0.15, 0.2) is 0 Å². The Morgan fingerprint density at radius 3 is 0.853 bits per heavy atom. The monoisotopic (exact) mass is 584 g/mol. The molecule has 0 saturated carbocycles. The van der Waals surface area contributed by atoms with Crippen LogP contribution in [0.4, 0.5) is 0 Å². The molecular formula is C18H12BCl3O9S3. The predicted molar refractivity (Wildman–Crippen MR) is 125 cm³/mol. The summed E-state index contributed by atoms with van der Waals surface area (Å²) in [6.07, 6.45) is 0. The molecule has 0 spiro atoms. The van der Waals surface area contributed by atoms with Gasteiger partial charge in [-0.1, -0.05) is 34.8 Å². The zero-order valence-electron chi connectivity index (χ0n) is 16.5. The first kappa shape index (κ1) is 26.9. The fourth-order valence-electron chi connectivity index (χ4n) is 2.33. The Hall–Kier alpha value is -1.68. The van der Waals surface area contributed by atoms with Crippen molar-refractivity contribution in [1.82, 2.24) is 0 Å². The highest BCUT2D eigenvalue weighted by Gasteiger charge is 2.40. The molecule has 3 rings (SSSR count). The van der Waals surface area contributed by atoms with E-state index in [9.17, 15) is 25.3 Å². The summed E-state index contributed by atoms with van der Waals surface area (Å²) in [5.41, 5.74) is 0. The van der Waals surface area contributed by atoms with Gasteiger partial charge in [-0.05, 0) is 72.8 Å². The first-order valence-corrected chi connectivity index (χ1v) is 14.2. The van der Waals surface area contributed by atoms with Crippen molar-refractivity contribution in [1.29, 1.82) is 0 Å². The minimum atomic E-state index is -4.78. The third-order valence-corrected chi connectivity index (χ3v) is 8.46. The van der Waals surface area contributed by atoms with Gasteiger partial charge in [-0.15, -0.1) is 0 Å². The van der Waals surface area contributed by atoms with E-state index in [1.54, 1.807) is 0 Å². The van der Waals surface area contributed by atoms with E-state index in [2.05, 4.69) is 0 Å². The van der Waals surface area contributed by atoms with Gasteiger partial charge in [-0.3, -0.25) is 12.3 Å². The minimum absolute atomic E-state index is 0.207. The summed E-state index contributed by atoms with van der Waals surface area (Å²) in [7, 11) is -17.1. The smallest absolute Gasteiger partial charge is 0.266 e. The van der Waals surface area contributed by atoms with E-state index in [4.69, 9.17) is 47.1 Å². The second-order valence-electron chi connectivity index (χ2n) is 6.30. The molecule has 0 unspecified atom stereocenters. The van der Waals surface area contributed by atoms with Crippen LogP contribution in [0.3, 0.4) is 0 Å². The molecule has 3 aromatic rings. The van der Waals surface area contributed by atoms with Gasteiger partial charge in [0.05, 0.1) is 14.7 Å². The zero-order chi connectivity index (χ0) is 25.1. The Kier molecular flexibility index (Phi) is 8.33. The van der Waals surface area contributed by atoms with Crippen LogP contribution in [-0.2, 0) is 42.7 Å². The Bertz CT molecular complexity index is 1290. The maximum Gasteiger partial charge on any atom is 0.685 e. The van der Waals surface area contributed by atoms with Crippen LogP contribution in [0.2, 0.25) is 15.1 Å². The summed E-state index contributed by atoms with van der Waals surface area (Å²) in [5.74, 6) is 0. The maximum absolute atomic E-state index is 12.6. The third-order valence-electron chi connectivity index (χ3n) is 3.92. The van der Waals surface area contributed by atoms with Gasteiger partial charge in [-0.2, -0.15) is 25.3 Å². The topological polar surface area (TPSA) is 130 Å². The molecule has 0 saturated heterocycles. The van der Waals surface area contributed by atoms with Gasteiger partial charge in [0.2, 0.25) is 0 Å². The molecule has 3 aromatic carbocycles. The quantitative estimate of drug-likeness (QED) is 0.340. The SMILES string of the molecule is O=S(=O)(OB(OS(=O)(=O)c1ccc(Cl)cc1)OS(=O)(=O)c1ccc(Cl)cc1)c1ccc(Cl)cc1. The van der Waals surface area contributed by atoms with Crippen molar-refractivity contribution in [3.8, 4) is 0 Å². The highest BCUT2D eigenvalue weighted by Crippen LogP contribution is 2.24. The average Bonchev–Trinajstić information content (AvgIpc) is 2.73. The molecule has 34 heavy (non-hydrogen) atoms. The molecule has 0 heterocycles. The fourth-order valence-corrected chi connectivity index (χ4v) is 5.45. The first-order chi connectivity index (χ1) is 15.8. The van der Waals surface area contributed by atoms with Crippen molar-refractivity contribution in [2.24, 2.45) is 0 Å². The largest absolute Gasteiger partial charge is 0.685 e. The van der Waals surface area contributed by atoms with Gasteiger partial charge in [0, 0.05) is 15.1 Å². The van der Waals surface area contributed by atoms with Crippen LogP contribution >= 0.6 is 34.8 Å². The number of hydrogen-bond acceptors (Lipinski definition) is 9. The fraction of sp³-hybridized carbons (Fsp3) is 0. The van der Waals surface area contributed by atoms with Crippen molar-refractivity contribution in [3.05, 3.63) is 87.9 Å². The van der Waals surface area contributed by atoms with Crippen LogP contribution in [0.1, 0.15) is 0 Å². The van der Waals surface area contributed by atoms with E-state index in [0.717, 1.165) is 36.4 Å². The zero-order valence-corrected chi connectivity index (χ0v) is 21.3. The number of hydrogen-bond donors (Lipinski definition) is 0. The van der Waals surface area contributed by atoms with Crippen LogP contribution in [0, 0.1) is 0 Å². The van der Waals surface area contributed by atoms with Crippen molar-refractivity contribution < 1.29 is 37.6 Å². The van der Waals surface area contributed by atoms with Gasteiger partial charge < -0.3 is 0 Å². The highest BCUT2D eigenvalue weighted by atomic mass is 35.5. The van der Waals surface area contributed by atoms with Crippen LogP contribution in [0.15, 0.2) is 87.5 Å². The van der Waals surface area contributed by atoms with E-state index in [-0.39, 0.29) is 15.1 Å². The van der Waals surface area contributed by atoms with Crippen molar-refractivity contribution >= 4 is 72.5 Å². The lowest BCUT2D eigenvalue weighted by Gasteiger charge is -2.15. The number of halogens is 3.